The lowest BCUT2D eigenvalue weighted by Gasteiger charge is -2.37. The smallest absolute Gasteiger partial charge is 0.230 e. The van der Waals surface area contributed by atoms with Crippen LogP contribution in [-0.2, 0) is 4.79 Å². The number of carbonyl (C=O) groups excluding carboxylic acids is 1. The molecular weight excluding hydrogens is 392 g/mol. The monoisotopic (exact) mass is 416 g/mol. The molecule has 158 valence electrons. The number of furan rings is 1. The largest absolute Gasteiger partial charge is 0.461 e. The lowest BCUT2D eigenvalue weighted by molar-refractivity contribution is -0.133. The fraction of sp³-hybridized carbons (Fsp3) is 0.304. The first kappa shape index (κ1) is 19.3. The SMILES string of the molecule is CC[C@@H](C(=O)N1CCN(c2ccc3nnc(-c4ccco4)n3n2)CC1)c1ccccc1. The first-order valence-electron chi connectivity index (χ1n) is 10.6. The van der Waals surface area contributed by atoms with Gasteiger partial charge in [0.2, 0.25) is 11.7 Å². The van der Waals surface area contributed by atoms with Crippen molar-refractivity contribution in [2.24, 2.45) is 0 Å². The maximum atomic E-state index is 13.1. The molecule has 0 radical (unpaired) electrons. The number of hydrogen-bond donors (Lipinski definition) is 0. The molecule has 1 atom stereocenters. The quantitative estimate of drug-likeness (QED) is 0.497. The predicted octanol–water partition coefficient (Wildman–Crippen LogP) is 3.23. The number of piperazine rings is 1. The summed E-state index contributed by atoms with van der Waals surface area (Å²) in [7, 11) is 0. The molecule has 0 aliphatic carbocycles. The normalized spacial score (nSPS) is 15.4. The van der Waals surface area contributed by atoms with Crippen LogP contribution in [0.4, 0.5) is 5.82 Å². The van der Waals surface area contributed by atoms with Crippen LogP contribution < -0.4 is 4.90 Å². The maximum Gasteiger partial charge on any atom is 0.230 e. The Balaban J connectivity index is 1.31. The molecule has 0 saturated carbocycles. The number of hydrogen-bond acceptors (Lipinski definition) is 6. The van der Waals surface area contributed by atoms with Crippen molar-refractivity contribution in [3.63, 3.8) is 0 Å². The van der Waals surface area contributed by atoms with Gasteiger partial charge in [0.05, 0.1) is 12.2 Å². The van der Waals surface area contributed by atoms with Crippen molar-refractivity contribution in [2.45, 2.75) is 19.3 Å². The van der Waals surface area contributed by atoms with Gasteiger partial charge in [-0.3, -0.25) is 4.79 Å². The second-order valence-electron chi connectivity index (χ2n) is 7.65. The van der Waals surface area contributed by atoms with E-state index in [9.17, 15) is 4.79 Å². The molecule has 5 rings (SSSR count). The van der Waals surface area contributed by atoms with Crippen LogP contribution in [0.1, 0.15) is 24.8 Å². The van der Waals surface area contributed by atoms with Crippen molar-refractivity contribution in [3.8, 4) is 11.6 Å². The minimum absolute atomic E-state index is 0.0879. The molecule has 8 nitrogen and oxygen atoms in total. The van der Waals surface area contributed by atoms with E-state index in [2.05, 4.69) is 22.0 Å². The van der Waals surface area contributed by atoms with Gasteiger partial charge < -0.3 is 14.2 Å². The molecule has 1 amide bonds. The molecule has 3 aromatic heterocycles. The minimum atomic E-state index is -0.0879. The summed E-state index contributed by atoms with van der Waals surface area (Å²) >= 11 is 0. The molecule has 0 N–H and O–H groups in total. The summed E-state index contributed by atoms with van der Waals surface area (Å²) in [5, 5.41) is 13.1. The Labute approximate surface area is 180 Å². The third-order valence-corrected chi connectivity index (χ3v) is 5.81. The van der Waals surface area contributed by atoms with Crippen molar-refractivity contribution in [2.75, 3.05) is 31.1 Å². The van der Waals surface area contributed by atoms with E-state index < -0.39 is 0 Å². The van der Waals surface area contributed by atoms with Gasteiger partial charge in [-0.1, -0.05) is 37.3 Å². The molecule has 1 fully saturated rings. The van der Waals surface area contributed by atoms with Crippen molar-refractivity contribution >= 4 is 17.4 Å². The number of benzene rings is 1. The van der Waals surface area contributed by atoms with Crippen LogP contribution >= 0.6 is 0 Å². The van der Waals surface area contributed by atoms with E-state index in [1.165, 1.54) is 0 Å². The Kier molecular flexibility index (Phi) is 5.11. The number of anilines is 1. The number of amides is 1. The minimum Gasteiger partial charge on any atom is -0.461 e. The number of rotatable bonds is 5. The van der Waals surface area contributed by atoms with E-state index >= 15 is 0 Å². The lowest BCUT2D eigenvalue weighted by atomic mass is 9.95. The van der Waals surface area contributed by atoms with E-state index in [0.717, 1.165) is 30.9 Å². The van der Waals surface area contributed by atoms with E-state index in [1.54, 1.807) is 10.8 Å². The van der Waals surface area contributed by atoms with Crippen LogP contribution in [0.5, 0.6) is 0 Å². The number of nitrogens with zero attached hydrogens (tertiary/aromatic N) is 6. The van der Waals surface area contributed by atoms with Crippen LogP contribution in [0, 0.1) is 0 Å². The van der Waals surface area contributed by atoms with Crippen molar-refractivity contribution in [1.82, 2.24) is 24.7 Å². The summed E-state index contributed by atoms with van der Waals surface area (Å²) in [4.78, 5) is 17.3. The third kappa shape index (κ3) is 3.65. The van der Waals surface area contributed by atoms with Crippen LogP contribution in [0.15, 0.2) is 65.3 Å². The zero-order valence-electron chi connectivity index (χ0n) is 17.4. The summed E-state index contributed by atoms with van der Waals surface area (Å²) in [6, 6.07) is 17.6. The summed E-state index contributed by atoms with van der Waals surface area (Å²) in [5.41, 5.74) is 1.75. The molecule has 0 bridgehead atoms. The van der Waals surface area contributed by atoms with E-state index in [-0.39, 0.29) is 11.8 Å². The van der Waals surface area contributed by atoms with Gasteiger partial charge in [-0.15, -0.1) is 15.3 Å². The van der Waals surface area contributed by atoms with Gasteiger partial charge in [-0.25, -0.2) is 0 Å². The second-order valence-corrected chi connectivity index (χ2v) is 7.65. The van der Waals surface area contributed by atoms with Crippen LogP contribution in [0.25, 0.3) is 17.2 Å². The Morgan fingerprint density at radius 3 is 2.52 bits per heavy atom. The molecule has 4 aromatic rings. The Bertz CT molecular complexity index is 1160. The first-order chi connectivity index (χ1) is 15.2. The Hall–Kier alpha value is -3.68. The number of fused-ring (bicyclic) bond motifs is 1. The molecule has 1 aliphatic rings. The molecule has 4 heterocycles. The van der Waals surface area contributed by atoms with Crippen molar-refractivity contribution < 1.29 is 9.21 Å². The van der Waals surface area contributed by atoms with E-state index in [4.69, 9.17) is 9.52 Å². The summed E-state index contributed by atoms with van der Waals surface area (Å²) in [5.74, 6) is 2.15. The summed E-state index contributed by atoms with van der Waals surface area (Å²) < 4.78 is 7.16. The van der Waals surface area contributed by atoms with Crippen molar-refractivity contribution in [3.05, 3.63) is 66.4 Å². The average Bonchev–Trinajstić information content (AvgIpc) is 3.50. The molecule has 1 saturated heterocycles. The third-order valence-electron chi connectivity index (χ3n) is 5.81. The zero-order chi connectivity index (χ0) is 21.2. The average molecular weight is 416 g/mol. The van der Waals surface area contributed by atoms with E-state index in [0.29, 0.717) is 30.3 Å². The predicted molar refractivity (Wildman–Crippen MR) is 117 cm³/mol. The first-order valence-corrected chi connectivity index (χ1v) is 10.6. The van der Waals surface area contributed by atoms with Gasteiger partial charge in [0.25, 0.3) is 0 Å². The zero-order valence-corrected chi connectivity index (χ0v) is 17.4. The molecule has 8 heteroatoms. The Morgan fingerprint density at radius 1 is 1.00 bits per heavy atom. The lowest BCUT2D eigenvalue weighted by Crippen LogP contribution is -2.50. The standard InChI is InChI=1S/C23H24N6O2/c1-2-18(17-7-4-3-5-8-17)23(30)28-14-12-27(13-15-28)21-11-10-20-24-25-22(29(20)26-21)19-9-6-16-31-19/h3-11,16,18H,2,12-15H2,1H3/t18-/m1/s1. The number of aromatic nitrogens is 4. The number of carbonyl (C=O) groups is 1. The van der Waals surface area contributed by atoms with Crippen LogP contribution in [0.2, 0.25) is 0 Å². The summed E-state index contributed by atoms with van der Waals surface area (Å²) in [6.07, 6.45) is 2.40. The second kappa shape index (κ2) is 8.22. The maximum absolute atomic E-state index is 13.1. The molecule has 31 heavy (non-hydrogen) atoms. The van der Waals surface area contributed by atoms with E-state index in [1.807, 2.05) is 59.5 Å². The Morgan fingerprint density at radius 2 is 1.81 bits per heavy atom. The van der Waals surface area contributed by atoms with Crippen molar-refractivity contribution in [1.29, 1.82) is 0 Å². The molecule has 1 aliphatic heterocycles. The van der Waals surface area contributed by atoms with Gasteiger partial charge in [-0.2, -0.15) is 4.52 Å². The van der Waals surface area contributed by atoms with Gasteiger partial charge in [0.1, 0.15) is 5.82 Å². The highest BCUT2D eigenvalue weighted by Gasteiger charge is 2.28. The van der Waals surface area contributed by atoms with Gasteiger partial charge in [-0.05, 0) is 36.2 Å². The topological polar surface area (TPSA) is 79.8 Å². The highest BCUT2D eigenvalue weighted by Crippen LogP contribution is 2.24. The van der Waals surface area contributed by atoms with Gasteiger partial charge in [0.15, 0.2) is 11.4 Å². The summed E-state index contributed by atoms with van der Waals surface area (Å²) in [6.45, 7) is 4.88. The molecule has 0 unspecified atom stereocenters. The highest BCUT2D eigenvalue weighted by atomic mass is 16.3. The van der Waals surface area contributed by atoms with Crippen LogP contribution in [0.3, 0.4) is 0 Å². The fourth-order valence-electron chi connectivity index (χ4n) is 4.12. The highest BCUT2D eigenvalue weighted by molar-refractivity contribution is 5.84. The molecule has 1 aromatic carbocycles. The van der Waals surface area contributed by atoms with Crippen LogP contribution in [-0.4, -0.2) is 56.8 Å². The van der Waals surface area contributed by atoms with Gasteiger partial charge in [0, 0.05) is 26.2 Å². The van der Waals surface area contributed by atoms with Gasteiger partial charge >= 0.3 is 0 Å². The molecule has 0 spiro atoms. The fourth-order valence-corrected chi connectivity index (χ4v) is 4.12. The molecular formula is C23H24N6O2.